The fourth-order valence-corrected chi connectivity index (χ4v) is 3.92. The van der Waals surface area contributed by atoms with E-state index in [1.54, 1.807) is 17.5 Å². The highest BCUT2D eigenvalue weighted by Crippen LogP contribution is 2.33. The molecular weight excluding hydrogens is 286 g/mol. The zero-order chi connectivity index (χ0) is 10.3. The highest BCUT2D eigenvalue weighted by molar-refractivity contribution is 9.10. The van der Waals surface area contributed by atoms with Gasteiger partial charge in [-0.05, 0) is 22.0 Å². The molecule has 0 bridgehead atoms. The van der Waals surface area contributed by atoms with Gasteiger partial charge in [0.1, 0.15) is 4.90 Å². The van der Waals surface area contributed by atoms with E-state index in [0.717, 1.165) is 9.17 Å². The zero-order valence-electron chi connectivity index (χ0n) is 6.90. The molecule has 0 spiro atoms. The number of thiophene rings is 1. The third kappa shape index (κ3) is 1.58. The number of hydrogen-bond donors (Lipinski definition) is 1. The number of hydrogen-bond acceptors (Lipinski definition) is 3. The summed E-state index contributed by atoms with van der Waals surface area (Å²) in [5.41, 5.74) is 0. The first-order valence-corrected chi connectivity index (χ1v) is 6.90. The molecule has 1 heterocycles. The lowest BCUT2D eigenvalue weighted by molar-refractivity contribution is 0.599. The summed E-state index contributed by atoms with van der Waals surface area (Å²) in [6, 6.07) is 5.40. The van der Waals surface area contributed by atoms with E-state index in [0.29, 0.717) is 5.39 Å². The monoisotopic (exact) mass is 291 g/mol. The number of rotatable bonds is 1. The molecule has 0 unspecified atom stereocenters. The van der Waals surface area contributed by atoms with Crippen LogP contribution >= 0.6 is 27.3 Å². The van der Waals surface area contributed by atoms with Gasteiger partial charge in [-0.1, -0.05) is 12.1 Å². The van der Waals surface area contributed by atoms with Crippen LogP contribution in [0, 0.1) is 0 Å². The molecule has 2 aromatic rings. The molecule has 6 heteroatoms. The SMILES string of the molecule is NS(=O)(=O)c1csc2c(Br)cccc12. The molecule has 0 atom stereocenters. The molecule has 0 aliphatic rings. The van der Waals surface area contributed by atoms with Gasteiger partial charge in [0.25, 0.3) is 0 Å². The molecule has 1 aromatic heterocycles. The van der Waals surface area contributed by atoms with Crippen molar-refractivity contribution in [2.45, 2.75) is 4.90 Å². The van der Waals surface area contributed by atoms with Crippen molar-refractivity contribution < 1.29 is 8.42 Å². The van der Waals surface area contributed by atoms with Crippen LogP contribution in [0.15, 0.2) is 32.9 Å². The van der Waals surface area contributed by atoms with E-state index in [1.807, 2.05) is 6.07 Å². The lowest BCUT2D eigenvalue weighted by atomic mass is 10.3. The topological polar surface area (TPSA) is 60.2 Å². The normalized spacial score (nSPS) is 12.1. The van der Waals surface area contributed by atoms with Gasteiger partial charge in [-0.15, -0.1) is 11.3 Å². The van der Waals surface area contributed by atoms with Gasteiger partial charge in [-0.3, -0.25) is 0 Å². The molecule has 0 amide bonds. The first-order chi connectivity index (χ1) is 6.50. The van der Waals surface area contributed by atoms with Gasteiger partial charge in [-0.2, -0.15) is 0 Å². The van der Waals surface area contributed by atoms with Crippen molar-refractivity contribution in [1.82, 2.24) is 0 Å². The average Bonchev–Trinajstić information content (AvgIpc) is 2.47. The van der Waals surface area contributed by atoms with Crippen LogP contribution in [0.4, 0.5) is 0 Å². The number of halogens is 1. The second kappa shape index (κ2) is 3.30. The van der Waals surface area contributed by atoms with Gasteiger partial charge >= 0.3 is 0 Å². The minimum atomic E-state index is -3.61. The van der Waals surface area contributed by atoms with E-state index in [1.165, 1.54) is 11.3 Å². The van der Waals surface area contributed by atoms with E-state index in [9.17, 15) is 8.42 Å². The summed E-state index contributed by atoms with van der Waals surface area (Å²) in [5.74, 6) is 0. The predicted octanol–water partition coefficient (Wildman–Crippen LogP) is 2.31. The number of sulfonamides is 1. The second-order valence-corrected chi connectivity index (χ2v) is 6.03. The standard InChI is InChI=1S/C8H6BrNO2S2/c9-6-3-1-2-5-7(14(10,11)12)4-13-8(5)6/h1-4H,(H2,10,11,12). The van der Waals surface area contributed by atoms with Crippen LogP contribution in [0.1, 0.15) is 0 Å². The lowest BCUT2D eigenvalue weighted by Crippen LogP contribution is -2.11. The average molecular weight is 292 g/mol. The summed E-state index contributed by atoms with van der Waals surface area (Å²) in [7, 11) is -3.61. The maximum absolute atomic E-state index is 11.2. The second-order valence-electron chi connectivity index (χ2n) is 2.76. The number of fused-ring (bicyclic) bond motifs is 1. The fourth-order valence-electron chi connectivity index (χ4n) is 1.22. The molecule has 1 aromatic carbocycles. The Morgan fingerprint density at radius 3 is 2.71 bits per heavy atom. The van der Waals surface area contributed by atoms with Crippen molar-refractivity contribution in [3.63, 3.8) is 0 Å². The Morgan fingerprint density at radius 1 is 1.36 bits per heavy atom. The summed E-state index contributed by atoms with van der Waals surface area (Å²) < 4.78 is 24.2. The van der Waals surface area contributed by atoms with E-state index >= 15 is 0 Å². The Labute approximate surface area is 93.7 Å². The first kappa shape index (κ1) is 10.1. The number of benzene rings is 1. The summed E-state index contributed by atoms with van der Waals surface area (Å²) in [4.78, 5) is 0.193. The minimum Gasteiger partial charge on any atom is -0.225 e. The van der Waals surface area contributed by atoms with E-state index in [-0.39, 0.29) is 4.90 Å². The third-order valence-corrected chi connectivity index (χ3v) is 4.88. The van der Waals surface area contributed by atoms with Crippen LogP contribution in [0.25, 0.3) is 10.1 Å². The summed E-state index contributed by atoms with van der Waals surface area (Å²) in [6.45, 7) is 0. The minimum absolute atomic E-state index is 0.193. The van der Waals surface area contributed by atoms with Crippen LogP contribution < -0.4 is 5.14 Å². The van der Waals surface area contributed by atoms with Crippen molar-refractivity contribution in [2.24, 2.45) is 5.14 Å². The lowest BCUT2D eigenvalue weighted by Gasteiger charge is -1.96. The Bertz CT molecular complexity index is 588. The number of nitrogens with two attached hydrogens (primary N) is 1. The van der Waals surface area contributed by atoms with Gasteiger partial charge in [0, 0.05) is 19.9 Å². The molecule has 0 radical (unpaired) electrons. The molecule has 2 rings (SSSR count). The molecule has 2 N–H and O–H groups in total. The molecule has 0 saturated carbocycles. The van der Waals surface area contributed by atoms with Crippen molar-refractivity contribution in [2.75, 3.05) is 0 Å². The molecule has 0 aliphatic carbocycles. The quantitative estimate of drug-likeness (QED) is 0.876. The van der Waals surface area contributed by atoms with Crippen LogP contribution in [-0.4, -0.2) is 8.42 Å². The van der Waals surface area contributed by atoms with Crippen molar-refractivity contribution >= 4 is 47.4 Å². The number of primary sulfonamides is 1. The van der Waals surface area contributed by atoms with Crippen molar-refractivity contribution in [3.05, 3.63) is 28.1 Å². The molecular formula is C8H6BrNO2S2. The molecule has 0 aliphatic heterocycles. The van der Waals surface area contributed by atoms with Gasteiger partial charge in [0.05, 0.1) is 0 Å². The summed E-state index contributed by atoms with van der Waals surface area (Å²) in [5, 5.41) is 7.31. The van der Waals surface area contributed by atoms with Crippen LogP contribution in [-0.2, 0) is 10.0 Å². The Kier molecular flexibility index (Phi) is 2.38. The van der Waals surface area contributed by atoms with Gasteiger partial charge in [0.2, 0.25) is 10.0 Å². The smallest absolute Gasteiger partial charge is 0.225 e. The Balaban J connectivity index is 2.90. The zero-order valence-corrected chi connectivity index (χ0v) is 10.1. The van der Waals surface area contributed by atoms with E-state index < -0.39 is 10.0 Å². The van der Waals surface area contributed by atoms with E-state index in [2.05, 4.69) is 15.9 Å². The van der Waals surface area contributed by atoms with Gasteiger partial charge < -0.3 is 0 Å². The van der Waals surface area contributed by atoms with E-state index in [4.69, 9.17) is 5.14 Å². The fraction of sp³-hybridized carbons (Fsp3) is 0. The molecule has 0 saturated heterocycles. The largest absolute Gasteiger partial charge is 0.239 e. The molecule has 3 nitrogen and oxygen atoms in total. The molecule has 74 valence electrons. The Hall–Kier alpha value is -0.430. The van der Waals surface area contributed by atoms with Crippen LogP contribution in [0.2, 0.25) is 0 Å². The summed E-state index contributed by atoms with van der Waals surface area (Å²) >= 11 is 4.71. The van der Waals surface area contributed by atoms with Crippen LogP contribution in [0.5, 0.6) is 0 Å². The third-order valence-electron chi connectivity index (χ3n) is 1.82. The van der Waals surface area contributed by atoms with Gasteiger partial charge in [-0.25, -0.2) is 13.6 Å². The summed E-state index contributed by atoms with van der Waals surface area (Å²) in [6.07, 6.45) is 0. The molecule has 0 fully saturated rings. The maximum atomic E-state index is 11.2. The highest BCUT2D eigenvalue weighted by Gasteiger charge is 2.15. The Morgan fingerprint density at radius 2 is 2.07 bits per heavy atom. The van der Waals surface area contributed by atoms with Crippen LogP contribution in [0.3, 0.4) is 0 Å². The first-order valence-electron chi connectivity index (χ1n) is 3.68. The maximum Gasteiger partial charge on any atom is 0.239 e. The predicted molar refractivity (Wildman–Crippen MR) is 60.9 cm³/mol. The molecule has 14 heavy (non-hydrogen) atoms. The van der Waals surface area contributed by atoms with Crippen molar-refractivity contribution in [1.29, 1.82) is 0 Å². The highest BCUT2D eigenvalue weighted by atomic mass is 79.9. The van der Waals surface area contributed by atoms with Crippen molar-refractivity contribution in [3.8, 4) is 0 Å². The van der Waals surface area contributed by atoms with Gasteiger partial charge in [0.15, 0.2) is 0 Å².